The number of methoxy groups -OCH3 is 1. The molecule has 0 aliphatic carbocycles. The van der Waals surface area contributed by atoms with Gasteiger partial charge in [-0.05, 0) is 31.0 Å². The van der Waals surface area contributed by atoms with Crippen LogP contribution in [0.1, 0.15) is 35.5 Å². The van der Waals surface area contributed by atoms with E-state index in [2.05, 4.69) is 10.1 Å². The van der Waals surface area contributed by atoms with Crippen LogP contribution in [-0.2, 0) is 17.7 Å². The number of aromatic nitrogens is 3. The van der Waals surface area contributed by atoms with Gasteiger partial charge in [0.1, 0.15) is 5.75 Å². The molecule has 0 aliphatic heterocycles. The Kier molecular flexibility index (Phi) is 5.42. The highest BCUT2D eigenvalue weighted by Crippen LogP contribution is 2.30. The molecule has 0 amide bonds. The smallest absolute Gasteiger partial charge is 0.341 e. The van der Waals surface area contributed by atoms with Crippen LogP contribution in [0.4, 0.5) is 0 Å². The maximum absolute atomic E-state index is 12.1. The lowest BCUT2D eigenvalue weighted by atomic mass is 10.1. The zero-order valence-corrected chi connectivity index (χ0v) is 15.7. The molecule has 136 valence electrons. The Labute approximate surface area is 156 Å². The molecule has 0 bridgehead atoms. The van der Waals surface area contributed by atoms with Crippen LogP contribution in [0.3, 0.4) is 0 Å². The van der Waals surface area contributed by atoms with E-state index >= 15 is 0 Å². The number of hydrogen-bond acceptors (Lipinski definition) is 5. The van der Waals surface area contributed by atoms with Crippen LogP contribution < -0.4 is 4.74 Å². The normalized spacial score (nSPS) is 10.9. The summed E-state index contributed by atoms with van der Waals surface area (Å²) in [7, 11) is 1.64. The second-order valence-corrected chi connectivity index (χ2v) is 6.09. The van der Waals surface area contributed by atoms with E-state index in [0.717, 1.165) is 17.0 Å². The molecule has 0 atom stereocenters. The molecular formula is C19H20ClN3O3. The Balaban J connectivity index is 2.04. The van der Waals surface area contributed by atoms with Crippen molar-refractivity contribution in [2.45, 2.75) is 26.8 Å². The third-order valence-corrected chi connectivity index (χ3v) is 4.48. The number of esters is 1. The number of ether oxygens (including phenoxy) is 2. The SMILES string of the molecule is CCOC(=O)c1cnc2c(c(CC)nn2Cc2ccc(OC)cc2)c1Cl. The van der Waals surface area contributed by atoms with Gasteiger partial charge >= 0.3 is 5.97 Å². The van der Waals surface area contributed by atoms with Crippen molar-refractivity contribution in [1.82, 2.24) is 14.8 Å². The lowest BCUT2D eigenvalue weighted by Gasteiger charge is -2.07. The van der Waals surface area contributed by atoms with E-state index in [1.165, 1.54) is 6.20 Å². The van der Waals surface area contributed by atoms with Crippen molar-refractivity contribution in [1.29, 1.82) is 0 Å². The molecule has 0 N–H and O–H groups in total. The quantitative estimate of drug-likeness (QED) is 0.613. The van der Waals surface area contributed by atoms with Gasteiger partial charge < -0.3 is 9.47 Å². The molecule has 1 aromatic carbocycles. The summed E-state index contributed by atoms with van der Waals surface area (Å²) in [6.07, 6.45) is 2.13. The summed E-state index contributed by atoms with van der Waals surface area (Å²) < 4.78 is 12.0. The molecule has 7 heteroatoms. The number of fused-ring (bicyclic) bond motifs is 1. The first kappa shape index (κ1) is 18.2. The van der Waals surface area contributed by atoms with Gasteiger partial charge in [0.25, 0.3) is 0 Å². The Morgan fingerprint density at radius 1 is 1.23 bits per heavy atom. The molecule has 0 radical (unpaired) electrons. The summed E-state index contributed by atoms with van der Waals surface area (Å²) in [6.45, 7) is 4.57. The van der Waals surface area contributed by atoms with Crippen LogP contribution in [0, 0.1) is 0 Å². The highest BCUT2D eigenvalue weighted by atomic mass is 35.5. The van der Waals surface area contributed by atoms with Crippen LogP contribution in [-0.4, -0.2) is 34.5 Å². The summed E-state index contributed by atoms with van der Waals surface area (Å²) >= 11 is 6.50. The average Bonchev–Trinajstić information content (AvgIpc) is 3.01. The first-order chi connectivity index (χ1) is 12.6. The van der Waals surface area contributed by atoms with Crippen molar-refractivity contribution in [2.24, 2.45) is 0 Å². The summed E-state index contributed by atoms with van der Waals surface area (Å²) in [4.78, 5) is 16.5. The first-order valence-electron chi connectivity index (χ1n) is 8.42. The molecule has 0 spiro atoms. The molecule has 2 heterocycles. The van der Waals surface area contributed by atoms with Crippen molar-refractivity contribution in [3.63, 3.8) is 0 Å². The third kappa shape index (κ3) is 3.37. The minimum absolute atomic E-state index is 0.264. The van der Waals surface area contributed by atoms with Crippen LogP contribution in [0.15, 0.2) is 30.5 Å². The van der Waals surface area contributed by atoms with E-state index < -0.39 is 5.97 Å². The van der Waals surface area contributed by atoms with Crippen molar-refractivity contribution in [3.05, 3.63) is 52.3 Å². The minimum atomic E-state index is -0.475. The Morgan fingerprint density at radius 2 is 1.96 bits per heavy atom. The fraction of sp³-hybridized carbons (Fsp3) is 0.316. The van der Waals surface area contributed by atoms with Gasteiger partial charge in [-0.1, -0.05) is 30.7 Å². The third-order valence-electron chi connectivity index (χ3n) is 4.09. The number of pyridine rings is 1. The summed E-state index contributed by atoms with van der Waals surface area (Å²) in [5.41, 5.74) is 2.78. The number of carbonyl (C=O) groups is 1. The summed E-state index contributed by atoms with van der Waals surface area (Å²) in [5, 5.41) is 5.68. The summed E-state index contributed by atoms with van der Waals surface area (Å²) in [6, 6.07) is 7.77. The van der Waals surface area contributed by atoms with Gasteiger partial charge in [0.2, 0.25) is 0 Å². The molecule has 2 aromatic heterocycles. The van der Waals surface area contributed by atoms with E-state index in [9.17, 15) is 4.79 Å². The molecule has 0 unspecified atom stereocenters. The number of hydrogen-bond donors (Lipinski definition) is 0. The average molecular weight is 374 g/mol. The number of rotatable bonds is 6. The van der Waals surface area contributed by atoms with Gasteiger partial charge in [-0.2, -0.15) is 5.10 Å². The number of benzene rings is 1. The molecule has 26 heavy (non-hydrogen) atoms. The predicted molar refractivity (Wildman–Crippen MR) is 100.0 cm³/mol. The van der Waals surface area contributed by atoms with Gasteiger partial charge in [-0.3, -0.25) is 0 Å². The van der Waals surface area contributed by atoms with Crippen molar-refractivity contribution in [2.75, 3.05) is 13.7 Å². The van der Waals surface area contributed by atoms with E-state index in [4.69, 9.17) is 21.1 Å². The second kappa shape index (κ2) is 7.74. The lowest BCUT2D eigenvalue weighted by Crippen LogP contribution is -2.07. The van der Waals surface area contributed by atoms with Gasteiger partial charge in [0.15, 0.2) is 5.65 Å². The number of nitrogens with zero attached hydrogens (tertiary/aromatic N) is 3. The molecule has 0 fully saturated rings. The zero-order valence-electron chi connectivity index (χ0n) is 15.0. The van der Waals surface area contributed by atoms with Gasteiger partial charge in [-0.25, -0.2) is 14.5 Å². The van der Waals surface area contributed by atoms with Crippen molar-refractivity contribution in [3.8, 4) is 5.75 Å². The first-order valence-corrected chi connectivity index (χ1v) is 8.80. The lowest BCUT2D eigenvalue weighted by molar-refractivity contribution is 0.0526. The number of carbonyl (C=O) groups excluding carboxylic acids is 1. The molecule has 0 saturated carbocycles. The topological polar surface area (TPSA) is 66.2 Å². The summed E-state index contributed by atoms with van der Waals surface area (Å²) in [5.74, 6) is 0.324. The molecule has 0 saturated heterocycles. The van der Waals surface area contributed by atoms with Gasteiger partial charge in [0, 0.05) is 6.20 Å². The number of aryl methyl sites for hydroxylation is 1. The molecule has 0 aliphatic rings. The number of halogens is 1. The maximum Gasteiger partial charge on any atom is 0.341 e. The molecule has 3 aromatic rings. The second-order valence-electron chi connectivity index (χ2n) is 5.71. The van der Waals surface area contributed by atoms with Gasteiger partial charge in [0.05, 0.1) is 41.9 Å². The monoisotopic (exact) mass is 373 g/mol. The minimum Gasteiger partial charge on any atom is -0.497 e. The maximum atomic E-state index is 12.1. The van der Waals surface area contributed by atoms with E-state index in [1.807, 2.05) is 31.2 Å². The fourth-order valence-corrected chi connectivity index (χ4v) is 3.11. The molecule has 3 rings (SSSR count). The van der Waals surface area contributed by atoms with Gasteiger partial charge in [-0.15, -0.1) is 0 Å². The largest absolute Gasteiger partial charge is 0.497 e. The van der Waals surface area contributed by atoms with Crippen LogP contribution in [0.5, 0.6) is 5.75 Å². The van der Waals surface area contributed by atoms with Crippen LogP contribution >= 0.6 is 11.6 Å². The fourth-order valence-electron chi connectivity index (χ4n) is 2.79. The Morgan fingerprint density at radius 3 is 2.58 bits per heavy atom. The zero-order chi connectivity index (χ0) is 18.7. The van der Waals surface area contributed by atoms with Crippen LogP contribution in [0.25, 0.3) is 11.0 Å². The Hall–Kier alpha value is -2.60. The van der Waals surface area contributed by atoms with Crippen molar-refractivity contribution < 1.29 is 14.3 Å². The van der Waals surface area contributed by atoms with Crippen molar-refractivity contribution >= 4 is 28.6 Å². The molecule has 6 nitrogen and oxygen atoms in total. The standard InChI is InChI=1S/C19H20ClN3O3/c1-4-15-16-17(20)14(19(24)26-5-2)10-21-18(16)23(22-15)11-12-6-8-13(25-3)9-7-12/h6-10H,4-5,11H2,1-3H3. The molecular weight excluding hydrogens is 354 g/mol. The predicted octanol–water partition coefficient (Wildman–Crippen LogP) is 3.88. The highest BCUT2D eigenvalue weighted by molar-refractivity contribution is 6.38. The van der Waals surface area contributed by atoms with E-state index in [-0.39, 0.29) is 12.2 Å². The van der Waals surface area contributed by atoms with E-state index in [0.29, 0.717) is 29.0 Å². The van der Waals surface area contributed by atoms with Crippen LogP contribution in [0.2, 0.25) is 5.02 Å². The Bertz CT molecular complexity index is 935. The highest BCUT2D eigenvalue weighted by Gasteiger charge is 2.21. The van der Waals surface area contributed by atoms with E-state index in [1.54, 1.807) is 18.7 Å².